The van der Waals surface area contributed by atoms with Crippen molar-refractivity contribution in [3.63, 3.8) is 0 Å². The third-order valence-corrected chi connectivity index (χ3v) is 5.00. The summed E-state index contributed by atoms with van der Waals surface area (Å²) < 4.78 is 0. The molecule has 148 valence electrons. The van der Waals surface area contributed by atoms with Gasteiger partial charge in [-0.15, -0.1) is 0 Å². The van der Waals surface area contributed by atoms with Gasteiger partial charge in [-0.3, -0.25) is 4.99 Å². The molecule has 1 aromatic rings. The van der Waals surface area contributed by atoms with E-state index >= 15 is 0 Å². The van der Waals surface area contributed by atoms with E-state index in [1.165, 1.54) is 22.3 Å². The van der Waals surface area contributed by atoms with E-state index in [4.69, 9.17) is 11.5 Å². The van der Waals surface area contributed by atoms with E-state index < -0.39 is 0 Å². The largest absolute Gasteiger partial charge is 0.397 e. The summed E-state index contributed by atoms with van der Waals surface area (Å²) in [6.45, 7) is 18.8. The summed E-state index contributed by atoms with van der Waals surface area (Å²) in [6, 6.07) is 6.52. The Morgan fingerprint density at radius 1 is 1.18 bits per heavy atom. The summed E-state index contributed by atoms with van der Waals surface area (Å²) in [5, 5.41) is 0. The maximum atomic E-state index is 6.02. The van der Waals surface area contributed by atoms with Crippen LogP contribution in [0.5, 0.6) is 0 Å². The molecule has 4 N–H and O–H groups in total. The molecule has 0 aromatic heterocycles. The Hall–Kier alpha value is -2.85. The summed E-state index contributed by atoms with van der Waals surface area (Å²) >= 11 is 0. The Morgan fingerprint density at radius 2 is 1.93 bits per heavy atom. The number of benzene rings is 1. The second kappa shape index (κ2) is 9.90. The maximum Gasteiger partial charge on any atom is 0.0683 e. The lowest BCUT2D eigenvalue weighted by molar-refractivity contribution is 0.320. The molecule has 0 atom stereocenters. The van der Waals surface area contributed by atoms with Crippen LogP contribution in [0, 0.1) is 0 Å². The van der Waals surface area contributed by atoms with Crippen molar-refractivity contribution in [2.75, 3.05) is 13.1 Å². The van der Waals surface area contributed by atoms with Crippen molar-refractivity contribution in [1.82, 2.24) is 4.90 Å². The molecule has 0 saturated heterocycles. The molecule has 0 saturated carbocycles. The molecular weight excluding hydrogens is 344 g/mol. The van der Waals surface area contributed by atoms with Gasteiger partial charge in [0.05, 0.1) is 17.9 Å². The van der Waals surface area contributed by atoms with Gasteiger partial charge >= 0.3 is 0 Å². The highest BCUT2D eigenvalue weighted by Gasteiger charge is 2.30. The zero-order valence-corrected chi connectivity index (χ0v) is 17.2. The van der Waals surface area contributed by atoms with Crippen LogP contribution < -0.4 is 11.5 Å². The first-order chi connectivity index (χ1) is 13.5. The SMILES string of the molecule is C=C1C(=C)C(N2CCc3ccc(CN)cc3C2)=C1N.C=CC1=CC=NC1.CC. The van der Waals surface area contributed by atoms with E-state index in [9.17, 15) is 0 Å². The van der Waals surface area contributed by atoms with Crippen LogP contribution in [0.4, 0.5) is 0 Å². The molecule has 0 spiro atoms. The van der Waals surface area contributed by atoms with Crippen LogP contribution in [0.1, 0.15) is 30.5 Å². The first-order valence-corrected chi connectivity index (χ1v) is 9.81. The summed E-state index contributed by atoms with van der Waals surface area (Å²) in [4.78, 5) is 6.25. The Kier molecular flexibility index (Phi) is 7.59. The minimum absolute atomic E-state index is 0.585. The normalized spacial score (nSPS) is 17.0. The molecule has 0 unspecified atom stereocenters. The van der Waals surface area contributed by atoms with Crippen molar-refractivity contribution in [3.8, 4) is 0 Å². The van der Waals surface area contributed by atoms with Crippen LogP contribution in [0.2, 0.25) is 0 Å². The number of hydrogen-bond acceptors (Lipinski definition) is 4. The Morgan fingerprint density at radius 3 is 2.46 bits per heavy atom. The quantitative estimate of drug-likeness (QED) is 0.837. The minimum Gasteiger partial charge on any atom is -0.397 e. The summed E-state index contributed by atoms with van der Waals surface area (Å²) in [6.07, 6.45) is 6.63. The number of allylic oxidation sites excluding steroid dienone is 3. The van der Waals surface area contributed by atoms with Crippen molar-refractivity contribution in [3.05, 3.63) is 94.9 Å². The molecule has 1 aromatic carbocycles. The molecule has 4 heteroatoms. The Bertz CT molecular complexity index is 855. The average Bonchev–Trinajstić information content (AvgIpc) is 3.29. The Labute approximate surface area is 169 Å². The molecule has 4 rings (SSSR count). The third-order valence-electron chi connectivity index (χ3n) is 5.00. The number of aliphatic imine (C=N–C) groups is 1. The highest BCUT2D eigenvalue weighted by atomic mass is 15.2. The third kappa shape index (κ3) is 4.52. The molecular formula is C24H32N4. The van der Waals surface area contributed by atoms with Gasteiger partial charge in [-0.05, 0) is 34.8 Å². The molecule has 0 bridgehead atoms. The number of rotatable bonds is 3. The summed E-state index contributed by atoms with van der Waals surface area (Å²) in [7, 11) is 0. The first-order valence-electron chi connectivity index (χ1n) is 9.81. The topological polar surface area (TPSA) is 67.6 Å². The molecule has 0 radical (unpaired) electrons. The molecule has 3 aliphatic rings. The fraction of sp³-hybridized carbons (Fsp3) is 0.292. The van der Waals surface area contributed by atoms with Crippen molar-refractivity contribution in [2.45, 2.75) is 33.4 Å². The van der Waals surface area contributed by atoms with E-state index in [1.54, 1.807) is 6.21 Å². The molecule has 0 amide bonds. The van der Waals surface area contributed by atoms with Gasteiger partial charge in [-0.2, -0.15) is 0 Å². The zero-order chi connectivity index (χ0) is 20.7. The lowest BCUT2D eigenvalue weighted by atomic mass is 9.87. The van der Waals surface area contributed by atoms with Crippen LogP contribution in [0.15, 0.2) is 83.2 Å². The van der Waals surface area contributed by atoms with Crippen LogP contribution >= 0.6 is 0 Å². The van der Waals surface area contributed by atoms with Gasteiger partial charge in [0.15, 0.2) is 0 Å². The predicted octanol–water partition coefficient (Wildman–Crippen LogP) is 4.01. The van der Waals surface area contributed by atoms with Crippen LogP contribution in [0.3, 0.4) is 0 Å². The highest BCUT2D eigenvalue weighted by molar-refractivity contribution is 5.76. The van der Waals surface area contributed by atoms with Gasteiger partial charge in [0, 0.05) is 37.0 Å². The molecule has 2 heterocycles. The van der Waals surface area contributed by atoms with Crippen LogP contribution in [-0.4, -0.2) is 24.2 Å². The second-order valence-electron chi connectivity index (χ2n) is 6.63. The fourth-order valence-corrected chi connectivity index (χ4v) is 3.33. The molecule has 0 fully saturated rings. The van der Waals surface area contributed by atoms with E-state index in [0.717, 1.165) is 48.6 Å². The van der Waals surface area contributed by atoms with Crippen LogP contribution in [-0.2, 0) is 19.5 Å². The van der Waals surface area contributed by atoms with Crippen molar-refractivity contribution < 1.29 is 0 Å². The lowest BCUT2D eigenvalue weighted by Crippen LogP contribution is -2.37. The van der Waals surface area contributed by atoms with Gasteiger partial charge in [-0.1, -0.05) is 57.9 Å². The van der Waals surface area contributed by atoms with Crippen molar-refractivity contribution in [1.29, 1.82) is 0 Å². The second-order valence-corrected chi connectivity index (χ2v) is 6.63. The van der Waals surface area contributed by atoms with E-state index in [2.05, 4.69) is 47.8 Å². The van der Waals surface area contributed by atoms with Crippen molar-refractivity contribution >= 4 is 6.21 Å². The van der Waals surface area contributed by atoms with E-state index in [0.29, 0.717) is 6.54 Å². The number of nitrogens with zero attached hydrogens (tertiary/aromatic N) is 2. The lowest BCUT2D eigenvalue weighted by Gasteiger charge is -2.39. The smallest absolute Gasteiger partial charge is 0.0683 e. The number of nitrogens with two attached hydrogens (primary N) is 2. The van der Waals surface area contributed by atoms with Gasteiger partial charge in [-0.25, -0.2) is 0 Å². The fourth-order valence-electron chi connectivity index (χ4n) is 3.33. The maximum absolute atomic E-state index is 6.02. The summed E-state index contributed by atoms with van der Waals surface area (Å²) in [5.74, 6) is 0. The van der Waals surface area contributed by atoms with Gasteiger partial charge in [0.2, 0.25) is 0 Å². The zero-order valence-electron chi connectivity index (χ0n) is 17.2. The number of hydrogen-bond donors (Lipinski definition) is 2. The molecule has 1 aliphatic carbocycles. The van der Waals surface area contributed by atoms with Gasteiger partial charge in [0.25, 0.3) is 0 Å². The minimum atomic E-state index is 0.585. The highest BCUT2D eigenvalue weighted by Crippen LogP contribution is 2.38. The summed E-state index contributed by atoms with van der Waals surface area (Å²) in [5.41, 5.74) is 20.6. The monoisotopic (exact) mass is 376 g/mol. The standard InChI is InChI=1S/C16H19N3.C6H7N.C2H6/c1-10-11(2)16(15(10)18)19-6-5-13-4-3-12(8-17)7-14(13)9-19;1-2-6-3-4-7-5-6;1-2/h3-4,7H,1-2,5-6,8-9,17-18H2;2-4H,1,5H2;1-2H3. The van der Waals surface area contributed by atoms with E-state index in [1.807, 2.05) is 26.0 Å². The van der Waals surface area contributed by atoms with Gasteiger partial charge in [0.1, 0.15) is 0 Å². The van der Waals surface area contributed by atoms with Crippen molar-refractivity contribution in [2.24, 2.45) is 16.5 Å². The van der Waals surface area contributed by atoms with E-state index in [-0.39, 0.29) is 0 Å². The predicted molar refractivity (Wildman–Crippen MR) is 121 cm³/mol. The Balaban J connectivity index is 0.000000261. The average molecular weight is 377 g/mol. The molecule has 2 aliphatic heterocycles. The van der Waals surface area contributed by atoms with Gasteiger partial charge < -0.3 is 16.4 Å². The number of fused-ring (bicyclic) bond motifs is 1. The molecule has 28 heavy (non-hydrogen) atoms. The first kappa shape index (κ1) is 21.5. The van der Waals surface area contributed by atoms with Crippen LogP contribution in [0.25, 0.3) is 0 Å². The molecule has 4 nitrogen and oxygen atoms in total.